The van der Waals surface area contributed by atoms with Crippen LogP contribution < -0.4 is 34.4 Å². The third-order valence-electron chi connectivity index (χ3n) is 28.6. The highest BCUT2D eigenvalue weighted by Gasteiger charge is 2.78. The highest BCUT2D eigenvalue weighted by atomic mass is 79.9. The van der Waals surface area contributed by atoms with Gasteiger partial charge in [0.15, 0.2) is 17.4 Å². The van der Waals surface area contributed by atoms with E-state index in [2.05, 4.69) is 152 Å². The lowest BCUT2D eigenvalue weighted by Gasteiger charge is -2.24. The van der Waals surface area contributed by atoms with Gasteiger partial charge in [-0.15, -0.1) is 13.2 Å². The number of aliphatic hydroxyl groups is 2. The molecule has 14 aromatic rings. The van der Waals surface area contributed by atoms with Crippen LogP contribution in [0.5, 0.6) is 0 Å². The lowest BCUT2D eigenvalue weighted by atomic mass is 9.91. The quantitative estimate of drug-likeness (QED) is 0.0416. The first-order valence-corrected chi connectivity index (χ1v) is 43.2. The molecule has 11 aliphatic rings. The number of pyridine rings is 3. The summed E-state index contributed by atoms with van der Waals surface area (Å²) in [4.78, 5) is 47.3. The van der Waals surface area contributed by atoms with Gasteiger partial charge in [0.25, 0.3) is 0 Å². The topological polar surface area (TPSA) is 413 Å². The van der Waals surface area contributed by atoms with Crippen LogP contribution in [-0.4, -0.2) is 149 Å². The van der Waals surface area contributed by atoms with E-state index < -0.39 is 29.6 Å². The van der Waals surface area contributed by atoms with Gasteiger partial charge in [0.2, 0.25) is 0 Å². The van der Waals surface area contributed by atoms with Crippen LogP contribution >= 0.6 is 27.5 Å². The molecule has 11 aromatic heterocycles. The Hall–Kier alpha value is -10.9. The number of hydrogen-bond acceptors (Lipinski definition) is 25. The van der Waals surface area contributed by atoms with Crippen LogP contribution in [0.2, 0.25) is 5.15 Å². The average molecular weight is 1760 g/mol. The van der Waals surface area contributed by atoms with E-state index in [1.165, 1.54) is 30.9 Å². The van der Waals surface area contributed by atoms with Crippen LogP contribution in [0.15, 0.2) is 195 Å². The molecule has 0 unspecified atom stereocenters. The molecule has 0 spiro atoms. The Morgan fingerprint density at radius 2 is 0.782 bits per heavy atom. The summed E-state index contributed by atoms with van der Waals surface area (Å²) < 4.78 is 47.6. The maximum absolute atomic E-state index is 11.0. The van der Waals surface area contributed by atoms with Crippen LogP contribution in [0, 0.1) is 45.3 Å². The van der Waals surface area contributed by atoms with Crippen LogP contribution in [0.4, 0.5) is 34.9 Å². The summed E-state index contributed by atoms with van der Waals surface area (Å²) in [6.45, 7) is 20.1. The van der Waals surface area contributed by atoms with E-state index in [4.69, 9.17) is 74.4 Å². The lowest BCUT2D eigenvalue weighted by Crippen LogP contribution is -2.34. The fourth-order valence-electron chi connectivity index (χ4n) is 22.7. The van der Waals surface area contributed by atoms with Crippen molar-refractivity contribution in [1.29, 1.82) is 0 Å². The number of nitrogens with zero attached hydrogens (tertiary/aromatic N) is 15. The van der Waals surface area contributed by atoms with E-state index >= 15 is 0 Å². The van der Waals surface area contributed by atoms with Crippen molar-refractivity contribution in [2.45, 2.75) is 191 Å². The van der Waals surface area contributed by atoms with Crippen LogP contribution in [0.25, 0.3) is 76.8 Å². The first-order valence-electron chi connectivity index (χ1n) is 42.0. The lowest BCUT2D eigenvalue weighted by molar-refractivity contribution is -0.161. The van der Waals surface area contributed by atoms with Gasteiger partial charge in [0, 0.05) is 67.1 Å². The van der Waals surface area contributed by atoms with E-state index in [0.29, 0.717) is 63.5 Å². The smallest absolute Gasteiger partial charge is 0.163 e. The highest BCUT2D eigenvalue weighted by Crippen LogP contribution is 2.76. The number of nitrogen functional groups attached to an aromatic ring is 6. The van der Waals surface area contributed by atoms with Crippen LogP contribution in [-0.2, 0) is 41.3 Å². The van der Waals surface area contributed by atoms with Crippen molar-refractivity contribution in [3.05, 3.63) is 211 Å². The van der Waals surface area contributed by atoms with E-state index in [1.54, 1.807) is 12.1 Å². The number of benzene rings is 3. The monoisotopic (exact) mass is 1750 g/mol. The van der Waals surface area contributed by atoms with Crippen molar-refractivity contribution in [2.75, 3.05) is 34.4 Å². The summed E-state index contributed by atoms with van der Waals surface area (Å²) in [7, 11) is 0. The molecule has 0 amide bonds. The second-order valence-corrected chi connectivity index (χ2v) is 38.0. The molecule has 640 valence electrons. The molecular formula is C93H101BrClN21O8. The van der Waals surface area contributed by atoms with Crippen LogP contribution in [0.1, 0.15) is 123 Å². The molecule has 0 radical (unpaired) electrons. The number of aromatic nitrogens is 15. The van der Waals surface area contributed by atoms with Gasteiger partial charge in [-0.2, -0.15) is 0 Å². The third-order valence-corrected chi connectivity index (χ3v) is 29.4. The Balaban J connectivity index is 0.000000101. The molecule has 124 heavy (non-hydrogen) atoms. The summed E-state index contributed by atoms with van der Waals surface area (Å²) in [5.74, 6) is 2.93. The van der Waals surface area contributed by atoms with Crippen molar-refractivity contribution in [1.82, 2.24) is 73.1 Å². The largest absolute Gasteiger partial charge is 0.390 e. The van der Waals surface area contributed by atoms with Gasteiger partial charge in [-0.1, -0.05) is 77.4 Å². The maximum Gasteiger partial charge on any atom is 0.163 e. The van der Waals surface area contributed by atoms with E-state index in [1.807, 2.05) is 131 Å². The van der Waals surface area contributed by atoms with E-state index in [0.717, 1.165) is 133 Å². The molecular weight excluding hydrogens is 1650 g/mol. The first-order chi connectivity index (χ1) is 59.0. The average Bonchev–Trinajstić information content (AvgIpc) is 1.50. The number of anilines is 6. The third kappa shape index (κ3) is 13.2. The maximum atomic E-state index is 11.0. The number of aliphatic hydroxyl groups excluding tert-OH is 2. The Morgan fingerprint density at radius 3 is 1.23 bits per heavy atom. The van der Waals surface area contributed by atoms with Gasteiger partial charge in [-0.05, 0) is 213 Å². The number of rotatable bonds is 12. The second-order valence-electron chi connectivity index (χ2n) is 36.7. The molecule has 8 aliphatic carbocycles. The molecule has 31 heteroatoms. The zero-order valence-corrected chi connectivity index (χ0v) is 71.2. The fraction of sp³-hybridized carbons (Fsp3) is 0.409. The minimum atomic E-state index is -0.844. The first kappa shape index (κ1) is 81.4. The predicted octanol–water partition coefficient (Wildman–Crippen LogP) is 14.8. The fourth-order valence-corrected chi connectivity index (χ4v) is 23.2. The number of fused-ring (bicyclic) bond motifs is 17. The van der Waals surface area contributed by atoms with Crippen molar-refractivity contribution in [3.63, 3.8) is 0 Å². The molecule has 3 aromatic carbocycles. The number of aryl methyl sites for hydroxylation is 2. The minimum Gasteiger partial charge on any atom is -0.390 e. The highest BCUT2D eigenvalue weighted by molar-refractivity contribution is 9.10. The molecule has 25 rings (SSSR count). The van der Waals surface area contributed by atoms with Crippen molar-refractivity contribution >= 4 is 139 Å². The molecule has 3 aliphatic heterocycles. The van der Waals surface area contributed by atoms with Crippen LogP contribution in [0.3, 0.4) is 0 Å². The molecule has 8 saturated carbocycles. The summed E-state index contributed by atoms with van der Waals surface area (Å²) in [6, 6.07) is 38.2. The van der Waals surface area contributed by atoms with Crippen molar-refractivity contribution in [3.8, 4) is 0 Å². The molecule has 3 saturated heterocycles. The molecule has 20 atom stereocenters. The minimum absolute atomic E-state index is 0. The SMILES string of the molecule is C.C=C[C@@]12C[C@@H]1[C@@H](n1ccc3c(Cl)ncnc31)[C@@H]1OC(C)(C)O[C@@H]12.C=C[C@@]12C[C@@H]1[C@@H](n1ccc3c(N)ncnc31)[C@@H]1OC(C)(C)O[C@@H]12.CC1(C)O[C@H]2[C@H](n3ccc4c(N)ncnc43)[C@H]3C[C@@]3(CCc3ccc4ccc(N)nc4c3)[C@H]2O1.Nc1ccc2ccc(Br)cc2n1.Nc1ccc2ccc(CC[C@@]34C[C@@H]3[C@@H](n3ccc5c(N)ncnc53)[C@H](O)[C@@H]4O)cc2n1. The van der Waals surface area contributed by atoms with Gasteiger partial charge in [0.1, 0.15) is 112 Å². The molecule has 14 heterocycles. The van der Waals surface area contributed by atoms with Gasteiger partial charge in [0.05, 0.1) is 86.7 Å². The summed E-state index contributed by atoms with van der Waals surface area (Å²) in [5.41, 5.74) is 43.7. The normalized spacial score (nSPS) is 31.8. The summed E-state index contributed by atoms with van der Waals surface area (Å²) in [6.07, 6.45) is 24.5. The standard InChI is InChI=1S/C26H28N6O2.C23H24N6O2.C17H18ClN3O2.C17H20N4O2.C9H7BrN2.CH4/c1-25(2)33-21-20(32-10-8-16-23(28)29-13-30-24(16)32)17-12-26(17,22(21)34-25)9-7-14-3-4-15-5-6-19(27)31-18(15)11-14;24-17-4-3-13-2-1-12(9-16(13)28-17)5-7-23-10-15(23)18(19(30)20(23)31)29-8-6-14-21(25)26-11-27-22(14)29;2*1-4-17-7-10(17)11(12-13(17)23-16(2,3)22-12)21-6-5-9-14(18)19-8-20-15(9)21;10-7-3-1-6-2-4-9(11)12-8(6)5-7;/h3-6,8,10-11,13,17,20-22H,7,9,12H2,1-2H3,(H2,27,31)(H2,28,29,30);1-4,6,8-9,11,15,18-20,30-31H,5,7,10H2,(H2,24,28)(H2,25,26,27);4-6,8,10-13H,1,7H2,2-3H3;4-6,8,10-13H,1,7H2,2-3H3,(H2,18,19,20);1-5H,(H2,11,12);1H4/t17-,20-,21+,22+,26-;15-,18-,19+,20+,23-;2*10-,11-,12+,13+,17-;;/m1111../s1. The van der Waals surface area contributed by atoms with Crippen molar-refractivity contribution in [2.24, 2.45) is 45.3 Å². The van der Waals surface area contributed by atoms with Gasteiger partial charge in [-0.25, -0.2) is 54.8 Å². The van der Waals surface area contributed by atoms with E-state index in [-0.39, 0.29) is 95.8 Å². The molecule has 11 fully saturated rings. The zero-order valence-electron chi connectivity index (χ0n) is 68.8. The zero-order chi connectivity index (χ0) is 85.1. The number of halogens is 2. The van der Waals surface area contributed by atoms with Gasteiger partial charge < -0.3 is 91.3 Å². The number of ether oxygens (including phenoxy) is 6. The Bertz CT molecular complexity index is 6450. The summed E-state index contributed by atoms with van der Waals surface area (Å²) >= 11 is 9.57. The van der Waals surface area contributed by atoms with Gasteiger partial charge in [-0.3, -0.25) is 0 Å². The van der Waals surface area contributed by atoms with Crippen molar-refractivity contribution < 1.29 is 38.6 Å². The van der Waals surface area contributed by atoms with Gasteiger partial charge >= 0.3 is 0 Å². The number of nitrogens with two attached hydrogens (primary N) is 6. The van der Waals surface area contributed by atoms with E-state index in [9.17, 15) is 10.2 Å². The Morgan fingerprint density at radius 1 is 0.427 bits per heavy atom. The molecule has 14 N–H and O–H groups in total. The Kier molecular flexibility index (Phi) is 19.3. The second kappa shape index (κ2) is 29.4. The summed E-state index contributed by atoms with van der Waals surface area (Å²) in [5, 5.41) is 29.1. The molecule has 0 bridgehead atoms. The predicted molar refractivity (Wildman–Crippen MR) is 480 cm³/mol. The number of hydrogen-bond donors (Lipinski definition) is 8. The molecule has 29 nitrogen and oxygen atoms in total. The Labute approximate surface area is 728 Å².